The van der Waals surface area contributed by atoms with Gasteiger partial charge in [-0.05, 0) is 0 Å². The summed E-state index contributed by atoms with van der Waals surface area (Å²) in [6.45, 7) is 7.04. The van der Waals surface area contributed by atoms with Crippen molar-refractivity contribution in [3.8, 4) is 0 Å². The summed E-state index contributed by atoms with van der Waals surface area (Å²) in [7, 11) is 0. The van der Waals surface area contributed by atoms with Gasteiger partial charge in [0.25, 0.3) is 0 Å². The highest BCUT2D eigenvalue weighted by Gasteiger charge is 1.99. The van der Waals surface area contributed by atoms with Gasteiger partial charge < -0.3 is 9.73 Å². The second-order valence-electron chi connectivity index (χ2n) is 2.76. The van der Waals surface area contributed by atoms with Gasteiger partial charge >= 0.3 is 0 Å². The summed E-state index contributed by atoms with van der Waals surface area (Å²) in [6.07, 6.45) is 1.91. The molecular formula is C9H15N3OS. The minimum Gasteiger partial charge on any atom is -0.424 e. The van der Waals surface area contributed by atoms with Crippen LogP contribution in [-0.2, 0) is 6.54 Å². The van der Waals surface area contributed by atoms with Crippen molar-refractivity contribution < 1.29 is 4.42 Å². The molecule has 0 unspecified atom stereocenters. The van der Waals surface area contributed by atoms with Gasteiger partial charge in [-0.25, -0.2) is 0 Å². The van der Waals surface area contributed by atoms with Crippen LogP contribution >= 0.6 is 11.8 Å². The molecule has 1 rings (SSSR count). The lowest BCUT2D eigenvalue weighted by Gasteiger charge is -1.99. The molecule has 5 heteroatoms. The van der Waals surface area contributed by atoms with E-state index in [9.17, 15) is 0 Å². The maximum Gasteiger partial charge on any atom is 0.230 e. The van der Waals surface area contributed by atoms with Crippen molar-refractivity contribution in [1.29, 1.82) is 0 Å². The molecule has 0 spiro atoms. The Morgan fingerprint density at radius 2 is 2.43 bits per heavy atom. The van der Waals surface area contributed by atoms with Crippen LogP contribution in [0.25, 0.3) is 0 Å². The molecule has 0 fully saturated rings. The molecule has 1 aromatic rings. The van der Waals surface area contributed by atoms with Crippen molar-refractivity contribution >= 4 is 11.8 Å². The summed E-state index contributed by atoms with van der Waals surface area (Å²) in [5.74, 6) is 3.33. The Morgan fingerprint density at radius 3 is 3.07 bits per heavy atom. The molecule has 1 heterocycles. The van der Waals surface area contributed by atoms with Crippen LogP contribution in [0.2, 0.25) is 0 Å². The first-order valence-corrected chi connectivity index (χ1v) is 5.66. The number of hydrogen-bond acceptors (Lipinski definition) is 5. The van der Waals surface area contributed by atoms with Gasteiger partial charge in [0.1, 0.15) is 0 Å². The van der Waals surface area contributed by atoms with E-state index >= 15 is 0 Å². The lowest BCUT2D eigenvalue weighted by molar-refractivity contribution is 0.450. The zero-order valence-corrected chi connectivity index (χ0v) is 9.14. The Bertz CT molecular complexity index is 275. The van der Waals surface area contributed by atoms with Crippen molar-refractivity contribution in [2.24, 2.45) is 0 Å². The SMILES string of the molecule is C=CCSCCNCc1nnc(C)o1. The topological polar surface area (TPSA) is 51.0 Å². The minimum absolute atomic E-state index is 0.614. The quantitative estimate of drug-likeness (QED) is 0.548. The van der Waals surface area contributed by atoms with Gasteiger partial charge in [-0.2, -0.15) is 11.8 Å². The molecule has 0 aromatic carbocycles. The Kier molecular flexibility index (Phi) is 5.32. The zero-order chi connectivity index (χ0) is 10.2. The molecule has 14 heavy (non-hydrogen) atoms. The number of thioether (sulfide) groups is 1. The molecule has 0 atom stereocenters. The second-order valence-corrected chi connectivity index (χ2v) is 3.91. The van der Waals surface area contributed by atoms with Crippen molar-refractivity contribution in [2.75, 3.05) is 18.1 Å². The van der Waals surface area contributed by atoms with Gasteiger partial charge in [-0.3, -0.25) is 0 Å². The fourth-order valence-electron chi connectivity index (χ4n) is 0.915. The second kappa shape index (κ2) is 6.62. The van der Waals surface area contributed by atoms with E-state index < -0.39 is 0 Å². The van der Waals surface area contributed by atoms with E-state index in [4.69, 9.17) is 4.42 Å². The van der Waals surface area contributed by atoms with E-state index in [1.165, 1.54) is 0 Å². The predicted molar refractivity (Wildman–Crippen MR) is 58.3 cm³/mol. The van der Waals surface area contributed by atoms with Crippen molar-refractivity contribution in [2.45, 2.75) is 13.5 Å². The zero-order valence-electron chi connectivity index (χ0n) is 8.32. The van der Waals surface area contributed by atoms with E-state index in [2.05, 4.69) is 22.1 Å². The first-order valence-electron chi connectivity index (χ1n) is 4.51. The maximum atomic E-state index is 5.20. The fourth-order valence-corrected chi connectivity index (χ4v) is 1.54. The average Bonchev–Trinajstić information content (AvgIpc) is 2.58. The summed E-state index contributed by atoms with van der Waals surface area (Å²) in [5, 5.41) is 10.8. The normalized spacial score (nSPS) is 10.4. The van der Waals surface area contributed by atoms with Crippen LogP contribution in [0, 0.1) is 6.92 Å². The standard InChI is InChI=1S/C9H15N3OS/c1-3-5-14-6-4-10-7-9-12-11-8(2)13-9/h3,10H,1,4-7H2,2H3. The molecule has 0 aliphatic heterocycles. The largest absolute Gasteiger partial charge is 0.424 e. The molecule has 0 saturated heterocycles. The van der Waals surface area contributed by atoms with Crippen molar-refractivity contribution in [1.82, 2.24) is 15.5 Å². The molecule has 0 saturated carbocycles. The molecule has 0 aliphatic carbocycles. The Balaban J connectivity index is 2.01. The van der Waals surface area contributed by atoms with Crippen molar-refractivity contribution in [3.63, 3.8) is 0 Å². The number of hydrogen-bond donors (Lipinski definition) is 1. The summed E-state index contributed by atoms with van der Waals surface area (Å²) in [4.78, 5) is 0. The molecule has 1 aromatic heterocycles. The molecule has 0 amide bonds. The smallest absolute Gasteiger partial charge is 0.230 e. The number of nitrogens with one attached hydrogen (secondary N) is 1. The van der Waals surface area contributed by atoms with Crippen LogP contribution in [0.5, 0.6) is 0 Å². The highest BCUT2D eigenvalue weighted by Crippen LogP contribution is 1.99. The minimum atomic E-state index is 0.614. The number of rotatable bonds is 7. The number of aromatic nitrogens is 2. The molecule has 0 aliphatic rings. The molecule has 4 nitrogen and oxygen atoms in total. The molecule has 78 valence electrons. The lowest BCUT2D eigenvalue weighted by atomic mass is 10.6. The summed E-state index contributed by atoms with van der Waals surface area (Å²) < 4.78 is 5.20. The third kappa shape index (κ3) is 4.43. The Hall–Kier alpha value is -0.810. The summed E-state index contributed by atoms with van der Waals surface area (Å²) in [6, 6.07) is 0. The summed E-state index contributed by atoms with van der Waals surface area (Å²) in [5.41, 5.74) is 0. The van der Waals surface area contributed by atoms with Crippen LogP contribution in [0.15, 0.2) is 17.1 Å². The molecular weight excluding hydrogens is 198 g/mol. The highest BCUT2D eigenvalue weighted by atomic mass is 32.2. The van der Waals surface area contributed by atoms with Gasteiger partial charge in [0.2, 0.25) is 11.8 Å². The van der Waals surface area contributed by atoms with Gasteiger partial charge in [0.05, 0.1) is 6.54 Å². The number of aryl methyl sites for hydroxylation is 1. The summed E-state index contributed by atoms with van der Waals surface area (Å²) >= 11 is 1.85. The molecule has 0 bridgehead atoms. The monoisotopic (exact) mass is 213 g/mol. The van der Waals surface area contributed by atoms with E-state index in [1.807, 2.05) is 17.8 Å². The van der Waals surface area contributed by atoms with E-state index in [0.717, 1.165) is 18.1 Å². The van der Waals surface area contributed by atoms with Crippen LogP contribution in [0.1, 0.15) is 11.8 Å². The lowest BCUT2D eigenvalue weighted by Crippen LogP contribution is -2.16. The van der Waals surface area contributed by atoms with Crippen LogP contribution in [0.4, 0.5) is 0 Å². The predicted octanol–water partition coefficient (Wildman–Crippen LogP) is 1.39. The first-order chi connectivity index (χ1) is 6.83. The third-order valence-electron chi connectivity index (χ3n) is 1.50. The van der Waals surface area contributed by atoms with E-state index in [1.54, 1.807) is 6.92 Å². The average molecular weight is 213 g/mol. The van der Waals surface area contributed by atoms with Gasteiger partial charge in [-0.15, -0.1) is 16.8 Å². The maximum absolute atomic E-state index is 5.20. The Morgan fingerprint density at radius 1 is 1.57 bits per heavy atom. The van der Waals surface area contributed by atoms with Crippen LogP contribution in [0.3, 0.4) is 0 Å². The van der Waals surface area contributed by atoms with Crippen LogP contribution < -0.4 is 5.32 Å². The fraction of sp³-hybridized carbons (Fsp3) is 0.556. The van der Waals surface area contributed by atoms with Crippen molar-refractivity contribution in [3.05, 3.63) is 24.4 Å². The molecule has 1 N–H and O–H groups in total. The molecule has 0 radical (unpaired) electrons. The number of nitrogens with zero attached hydrogens (tertiary/aromatic N) is 2. The van der Waals surface area contributed by atoms with Gasteiger partial charge in [0, 0.05) is 25.0 Å². The third-order valence-corrected chi connectivity index (χ3v) is 2.47. The van der Waals surface area contributed by atoms with Crippen LogP contribution in [-0.4, -0.2) is 28.2 Å². The first kappa shape index (κ1) is 11.3. The Labute approximate surface area is 88.2 Å². The highest BCUT2D eigenvalue weighted by molar-refractivity contribution is 7.99. The van der Waals surface area contributed by atoms with Gasteiger partial charge in [-0.1, -0.05) is 6.08 Å². The van der Waals surface area contributed by atoms with E-state index in [-0.39, 0.29) is 0 Å². The van der Waals surface area contributed by atoms with E-state index in [0.29, 0.717) is 18.3 Å². The van der Waals surface area contributed by atoms with Gasteiger partial charge in [0.15, 0.2) is 0 Å².